The van der Waals surface area contributed by atoms with Crippen LogP contribution in [-0.4, -0.2) is 11.1 Å². The van der Waals surface area contributed by atoms with Crippen LogP contribution in [0.15, 0.2) is 77.3 Å². The van der Waals surface area contributed by atoms with Crippen molar-refractivity contribution in [2.45, 2.75) is 11.8 Å². The SMILES string of the molecule is O=C(Oc1ccc2c(Cc3ccccc3F)noc2c1)C(Cl)c1ccccc1. The molecule has 140 valence electrons. The lowest BCUT2D eigenvalue weighted by Crippen LogP contribution is -2.14. The number of fused-ring (bicyclic) bond motifs is 1. The summed E-state index contributed by atoms with van der Waals surface area (Å²) >= 11 is 6.19. The monoisotopic (exact) mass is 395 g/mol. The summed E-state index contributed by atoms with van der Waals surface area (Å²) in [5, 5.41) is 3.84. The van der Waals surface area contributed by atoms with Crippen molar-refractivity contribution in [3.05, 3.63) is 95.4 Å². The quantitative estimate of drug-likeness (QED) is 0.256. The number of halogens is 2. The van der Waals surface area contributed by atoms with Crippen molar-refractivity contribution in [1.82, 2.24) is 5.16 Å². The number of hydrogen-bond donors (Lipinski definition) is 0. The van der Waals surface area contributed by atoms with Crippen LogP contribution >= 0.6 is 11.6 Å². The van der Waals surface area contributed by atoms with E-state index >= 15 is 0 Å². The van der Waals surface area contributed by atoms with Gasteiger partial charge in [0, 0.05) is 17.9 Å². The van der Waals surface area contributed by atoms with Crippen LogP contribution < -0.4 is 4.74 Å². The van der Waals surface area contributed by atoms with Crippen molar-refractivity contribution >= 4 is 28.5 Å². The van der Waals surface area contributed by atoms with Gasteiger partial charge in [-0.2, -0.15) is 0 Å². The molecule has 0 bridgehead atoms. The molecule has 0 spiro atoms. The topological polar surface area (TPSA) is 52.3 Å². The van der Waals surface area contributed by atoms with Gasteiger partial charge in [0.1, 0.15) is 11.6 Å². The second-order valence-corrected chi connectivity index (χ2v) is 6.69. The van der Waals surface area contributed by atoms with E-state index in [4.69, 9.17) is 20.9 Å². The first-order valence-electron chi connectivity index (χ1n) is 8.64. The van der Waals surface area contributed by atoms with E-state index in [-0.39, 0.29) is 5.82 Å². The van der Waals surface area contributed by atoms with E-state index in [1.54, 1.807) is 60.7 Å². The summed E-state index contributed by atoms with van der Waals surface area (Å²) in [4.78, 5) is 12.3. The van der Waals surface area contributed by atoms with Gasteiger partial charge in [0.05, 0.1) is 5.69 Å². The summed E-state index contributed by atoms with van der Waals surface area (Å²) in [6.45, 7) is 0. The molecule has 1 aromatic heterocycles. The highest BCUT2D eigenvalue weighted by atomic mass is 35.5. The van der Waals surface area contributed by atoms with Crippen LogP contribution in [0.25, 0.3) is 11.0 Å². The lowest BCUT2D eigenvalue weighted by molar-refractivity contribution is -0.134. The summed E-state index contributed by atoms with van der Waals surface area (Å²) < 4.78 is 24.6. The molecule has 0 saturated carbocycles. The van der Waals surface area contributed by atoms with Crippen molar-refractivity contribution in [2.75, 3.05) is 0 Å². The zero-order valence-electron chi connectivity index (χ0n) is 14.6. The molecule has 1 unspecified atom stereocenters. The van der Waals surface area contributed by atoms with Gasteiger partial charge in [-0.05, 0) is 29.3 Å². The third-order valence-corrected chi connectivity index (χ3v) is 4.78. The predicted octanol–water partition coefficient (Wildman–Crippen LogP) is 5.44. The Morgan fingerprint density at radius 3 is 2.61 bits per heavy atom. The number of rotatable bonds is 5. The second kappa shape index (κ2) is 7.82. The highest BCUT2D eigenvalue weighted by Crippen LogP contribution is 2.28. The summed E-state index contributed by atoms with van der Waals surface area (Å²) in [5.41, 5.74) is 2.24. The molecular weight excluding hydrogens is 381 g/mol. The number of ether oxygens (including phenoxy) is 1. The van der Waals surface area contributed by atoms with Gasteiger partial charge in [0.2, 0.25) is 0 Å². The molecule has 1 heterocycles. The maximum Gasteiger partial charge on any atom is 0.334 e. The van der Waals surface area contributed by atoms with Gasteiger partial charge in [0.15, 0.2) is 11.0 Å². The largest absolute Gasteiger partial charge is 0.425 e. The first kappa shape index (κ1) is 18.2. The standard InChI is InChI=1S/C22H15ClFNO3/c23-21(14-6-2-1-3-7-14)22(26)27-16-10-11-17-19(25-28-20(17)13-16)12-15-8-4-5-9-18(15)24/h1-11,13,21H,12H2. The van der Waals surface area contributed by atoms with E-state index in [0.29, 0.717) is 34.6 Å². The highest BCUT2D eigenvalue weighted by molar-refractivity contribution is 6.30. The van der Waals surface area contributed by atoms with E-state index in [9.17, 15) is 9.18 Å². The maximum atomic E-state index is 13.9. The lowest BCUT2D eigenvalue weighted by Gasteiger charge is -2.09. The molecule has 0 aliphatic rings. The summed E-state index contributed by atoms with van der Waals surface area (Å²) in [6, 6.07) is 20.4. The molecule has 0 fully saturated rings. The van der Waals surface area contributed by atoms with Crippen LogP contribution in [-0.2, 0) is 11.2 Å². The number of esters is 1. The van der Waals surface area contributed by atoms with E-state index in [1.807, 2.05) is 6.07 Å². The van der Waals surface area contributed by atoms with Gasteiger partial charge in [-0.3, -0.25) is 0 Å². The van der Waals surface area contributed by atoms with Crippen LogP contribution in [0.2, 0.25) is 0 Å². The van der Waals surface area contributed by atoms with Gasteiger partial charge < -0.3 is 9.26 Å². The molecule has 0 radical (unpaired) electrons. The van der Waals surface area contributed by atoms with Crippen molar-refractivity contribution in [3.8, 4) is 5.75 Å². The molecular formula is C22H15ClFNO3. The van der Waals surface area contributed by atoms with Crippen molar-refractivity contribution < 1.29 is 18.4 Å². The van der Waals surface area contributed by atoms with E-state index < -0.39 is 11.3 Å². The molecule has 4 aromatic rings. The molecule has 28 heavy (non-hydrogen) atoms. The third kappa shape index (κ3) is 3.75. The van der Waals surface area contributed by atoms with Gasteiger partial charge in [-0.1, -0.05) is 53.7 Å². The molecule has 1 atom stereocenters. The van der Waals surface area contributed by atoms with Gasteiger partial charge in [-0.25, -0.2) is 9.18 Å². The molecule has 0 amide bonds. The number of carbonyl (C=O) groups is 1. The summed E-state index contributed by atoms with van der Waals surface area (Å²) in [7, 11) is 0. The average molecular weight is 396 g/mol. The fraction of sp³-hybridized carbons (Fsp3) is 0.0909. The van der Waals surface area contributed by atoms with E-state index in [2.05, 4.69) is 5.16 Å². The van der Waals surface area contributed by atoms with Crippen LogP contribution in [0.1, 0.15) is 22.2 Å². The van der Waals surface area contributed by atoms with Crippen LogP contribution in [0, 0.1) is 5.82 Å². The Hall–Kier alpha value is -3.18. The average Bonchev–Trinajstić information content (AvgIpc) is 3.12. The summed E-state index contributed by atoms with van der Waals surface area (Å²) in [5.74, 6) is -0.579. The van der Waals surface area contributed by atoms with E-state index in [0.717, 1.165) is 5.39 Å². The second-order valence-electron chi connectivity index (χ2n) is 6.25. The predicted molar refractivity (Wildman–Crippen MR) is 104 cm³/mol. The third-order valence-electron chi connectivity index (χ3n) is 4.35. The molecule has 4 rings (SSSR count). The number of benzene rings is 3. The molecule has 0 N–H and O–H groups in total. The first-order valence-corrected chi connectivity index (χ1v) is 9.08. The Bertz CT molecular complexity index is 1130. The Kier molecular flexibility index (Phi) is 5.08. The molecule has 6 heteroatoms. The maximum absolute atomic E-state index is 13.9. The first-order chi connectivity index (χ1) is 13.6. The lowest BCUT2D eigenvalue weighted by atomic mass is 10.1. The van der Waals surface area contributed by atoms with E-state index in [1.165, 1.54) is 6.07 Å². The molecule has 4 nitrogen and oxygen atoms in total. The van der Waals surface area contributed by atoms with Gasteiger partial charge in [0.25, 0.3) is 0 Å². The number of carbonyl (C=O) groups excluding carboxylic acids is 1. The molecule has 0 aliphatic heterocycles. The molecule has 3 aromatic carbocycles. The summed E-state index contributed by atoms with van der Waals surface area (Å²) in [6.07, 6.45) is 0.302. The smallest absolute Gasteiger partial charge is 0.334 e. The fourth-order valence-corrected chi connectivity index (χ4v) is 3.10. The number of alkyl halides is 1. The van der Waals surface area contributed by atoms with Crippen molar-refractivity contribution in [1.29, 1.82) is 0 Å². The van der Waals surface area contributed by atoms with Crippen molar-refractivity contribution in [2.24, 2.45) is 0 Å². The Morgan fingerprint density at radius 2 is 1.82 bits per heavy atom. The van der Waals surface area contributed by atoms with Crippen LogP contribution in [0.5, 0.6) is 5.75 Å². The Balaban J connectivity index is 1.53. The van der Waals surface area contributed by atoms with Crippen molar-refractivity contribution in [3.63, 3.8) is 0 Å². The number of hydrogen-bond acceptors (Lipinski definition) is 4. The Labute approximate surface area is 165 Å². The minimum atomic E-state index is -0.914. The minimum Gasteiger partial charge on any atom is -0.425 e. The highest BCUT2D eigenvalue weighted by Gasteiger charge is 2.20. The number of aromatic nitrogens is 1. The normalized spacial score (nSPS) is 12.1. The zero-order chi connectivity index (χ0) is 19.5. The fourth-order valence-electron chi connectivity index (χ4n) is 2.91. The zero-order valence-corrected chi connectivity index (χ0v) is 15.4. The number of nitrogens with zero attached hydrogens (tertiary/aromatic N) is 1. The molecule has 0 saturated heterocycles. The minimum absolute atomic E-state index is 0.293. The van der Waals surface area contributed by atoms with Gasteiger partial charge in [-0.15, -0.1) is 11.6 Å². The van der Waals surface area contributed by atoms with Crippen LogP contribution in [0.3, 0.4) is 0 Å². The Morgan fingerprint density at radius 1 is 1.07 bits per heavy atom. The molecule has 0 aliphatic carbocycles. The van der Waals surface area contributed by atoms with Crippen LogP contribution in [0.4, 0.5) is 4.39 Å². The van der Waals surface area contributed by atoms with Gasteiger partial charge >= 0.3 is 5.97 Å².